The average Bonchev–Trinajstić information content (AvgIpc) is 2.60. The summed E-state index contributed by atoms with van der Waals surface area (Å²) in [5, 5.41) is 14.6. The van der Waals surface area contributed by atoms with Crippen LogP contribution in [0.5, 0.6) is 5.75 Å². The standard InChI is InChI=1S/C19H15NO3/c21-19(22)17-11-20-16-10-4-9-15(18(16)23-17)14-8-3-6-12-5-1-2-7-13(12)14/h1-10,17,20H,11H2,(H,21,22). The molecule has 4 rings (SSSR count). The summed E-state index contributed by atoms with van der Waals surface area (Å²) < 4.78 is 5.77. The Morgan fingerprint density at radius 3 is 2.61 bits per heavy atom. The molecule has 23 heavy (non-hydrogen) atoms. The maximum atomic E-state index is 11.3. The molecule has 0 aromatic heterocycles. The number of hydrogen-bond acceptors (Lipinski definition) is 3. The van der Waals surface area contributed by atoms with Gasteiger partial charge in [-0.25, -0.2) is 4.79 Å². The fraction of sp³-hybridized carbons (Fsp3) is 0.105. The molecule has 0 radical (unpaired) electrons. The first-order chi connectivity index (χ1) is 11.2. The van der Waals surface area contributed by atoms with E-state index in [2.05, 4.69) is 23.5 Å². The zero-order valence-corrected chi connectivity index (χ0v) is 12.3. The fourth-order valence-corrected chi connectivity index (χ4v) is 3.00. The number of carbonyl (C=O) groups is 1. The third-order valence-electron chi connectivity index (χ3n) is 4.11. The summed E-state index contributed by atoms with van der Waals surface area (Å²) in [5.41, 5.74) is 2.76. The van der Waals surface area contributed by atoms with E-state index in [-0.39, 0.29) is 6.54 Å². The summed E-state index contributed by atoms with van der Waals surface area (Å²) in [6, 6.07) is 20.1. The number of ether oxygens (including phenoxy) is 1. The molecule has 2 N–H and O–H groups in total. The topological polar surface area (TPSA) is 58.6 Å². The molecule has 0 saturated carbocycles. The summed E-state index contributed by atoms with van der Waals surface area (Å²) in [5.74, 6) is -0.363. The zero-order chi connectivity index (χ0) is 15.8. The van der Waals surface area contributed by atoms with Gasteiger partial charge in [-0.05, 0) is 22.4 Å². The first-order valence-corrected chi connectivity index (χ1v) is 7.48. The normalized spacial score (nSPS) is 16.3. The molecule has 4 nitrogen and oxygen atoms in total. The van der Waals surface area contributed by atoms with Crippen LogP contribution in [0.25, 0.3) is 21.9 Å². The minimum atomic E-state index is -0.962. The highest BCUT2D eigenvalue weighted by molar-refractivity contribution is 5.99. The molecule has 3 aromatic rings. The minimum Gasteiger partial charge on any atom is -0.478 e. The van der Waals surface area contributed by atoms with Crippen LogP contribution in [-0.2, 0) is 4.79 Å². The third kappa shape index (κ3) is 2.28. The van der Waals surface area contributed by atoms with E-state index in [4.69, 9.17) is 4.74 Å². The van der Waals surface area contributed by atoms with Gasteiger partial charge in [0, 0.05) is 5.56 Å². The van der Waals surface area contributed by atoms with Crippen molar-refractivity contribution in [1.29, 1.82) is 0 Å². The summed E-state index contributed by atoms with van der Waals surface area (Å²) in [6.07, 6.45) is -0.876. The molecule has 0 saturated heterocycles. The number of nitrogens with one attached hydrogen (secondary N) is 1. The lowest BCUT2D eigenvalue weighted by Crippen LogP contribution is -2.37. The highest BCUT2D eigenvalue weighted by Crippen LogP contribution is 2.41. The second-order valence-electron chi connectivity index (χ2n) is 5.53. The van der Waals surface area contributed by atoms with Gasteiger partial charge in [0.25, 0.3) is 0 Å². The first kappa shape index (κ1) is 13.6. The second kappa shape index (κ2) is 5.32. The molecule has 0 spiro atoms. The van der Waals surface area contributed by atoms with E-state index in [0.29, 0.717) is 5.75 Å². The second-order valence-corrected chi connectivity index (χ2v) is 5.53. The molecule has 3 aromatic carbocycles. The lowest BCUT2D eigenvalue weighted by Gasteiger charge is -2.27. The maximum Gasteiger partial charge on any atom is 0.346 e. The highest BCUT2D eigenvalue weighted by Gasteiger charge is 2.27. The van der Waals surface area contributed by atoms with Gasteiger partial charge in [-0.15, -0.1) is 0 Å². The van der Waals surface area contributed by atoms with Crippen LogP contribution in [0.4, 0.5) is 5.69 Å². The van der Waals surface area contributed by atoms with Crippen molar-refractivity contribution in [2.75, 3.05) is 11.9 Å². The molecule has 0 amide bonds. The Balaban J connectivity index is 1.91. The van der Waals surface area contributed by atoms with Crippen molar-refractivity contribution in [3.05, 3.63) is 60.7 Å². The van der Waals surface area contributed by atoms with Crippen LogP contribution in [0, 0.1) is 0 Å². The molecule has 0 bridgehead atoms. The van der Waals surface area contributed by atoms with Crippen LogP contribution >= 0.6 is 0 Å². The number of carboxylic acid groups (broad SMARTS) is 1. The number of anilines is 1. The van der Waals surface area contributed by atoms with E-state index in [9.17, 15) is 9.90 Å². The van der Waals surface area contributed by atoms with Crippen LogP contribution in [0.3, 0.4) is 0 Å². The maximum absolute atomic E-state index is 11.3. The Hall–Kier alpha value is -3.01. The van der Waals surface area contributed by atoms with E-state index in [1.54, 1.807) is 0 Å². The largest absolute Gasteiger partial charge is 0.478 e. The van der Waals surface area contributed by atoms with Crippen LogP contribution in [0.2, 0.25) is 0 Å². The van der Waals surface area contributed by atoms with Gasteiger partial charge in [0.05, 0.1) is 12.2 Å². The Morgan fingerprint density at radius 2 is 1.74 bits per heavy atom. The third-order valence-corrected chi connectivity index (χ3v) is 4.11. The molecule has 1 unspecified atom stereocenters. The summed E-state index contributed by atoms with van der Waals surface area (Å²) in [6.45, 7) is 0.265. The number of hydrogen-bond donors (Lipinski definition) is 2. The van der Waals surface area contributed by atoms with Gasteiger partial charge in [-0.1, -0.05) is 54.6 Å². The van der Waals surface area contributed by atoms with Crippen LogP contribution < -0.4 is 10.1 Å². The molecule has 0 fully saturated rings. The molecule has 0 aliphatic carbocycles. The van der Waals surface area contributed by atoms with Gasteiger partial charge in [0.1, 0.15) is 0 Å². The monoisotopic (exact) mass is 305 g/mol. The number of rotatable bonds is 2. The molecule has 1 heterocycles. The SMILES string of the molecule is O=C(O)C1CNc2cccc(-c3cccc4ccccc34)c2O1. The molecule has 1 atom stereocenters. The van der Waals surface area contributed by atoms with Crippen molar-refractivity contribution in [2.45, 2.75) is 6.10 Å². The summed E-state index contributed by atoms with van der Waals surface area (Å²) in [4.78, 5) is 11.3. The van der Waals surface area contributed by atoms with Crippen molar-refractivity contribution in [3.8, 4) is 16.9 Å². The summed E-state index contributed by atoms with van der Waals surface area (Å²) >= 11 is 0. The quantitative estimate of drug-likeness (QED) is 0.757. The lowest BCUT2D eigenvalue weighted by molar-refractivity contribution is -0.144. The van der Waals surface area contributed by atoms with Crippen LogP contribution in [-0.4, -0.2) is 23.7 Å². The van der Waals surface area contributed by atoms with Crippen molar-refractivity contribution < 1.29 is 14.6 Å². The van der Waals surface area contributed by atoms with Crippen molar-refractivity contribution in [2.24, 2.45) is 0 Å². The van der Waals surface area contributed by atoms with E-state index in [0.717, 1.165) is 27.6 Å². The molecule has 1 aliphatic heterocycles. The highest BCUT2D eigenvalue weighted by atomic mass is 16.5. The van der Waals surface area contributed by atoms with Gasteiger partial charge in [-0.3, -0.25) is 0 Å². The predicted octanol–water partition coefficient (Wildman–Crippen LogP) is 3.76. The Bertz CT molecular complexity index is 899. The van der Waals surface area contributed by atoms with Crippen LogP contribution in [0.15, 0.2) is 60.7 Å². The van der Waals surface area contributed by atoms with E-state index >= 15 is 0 Å². The average molecular weight is 305 g/mol. The van der Waals surface area contributed by atoms with Crippen molar-refractivity contribution in [3.63, 3.8) is 0 Å². The predicted molar refractivity (Wildman–Crippen MR) is 89.9 cm³/mol. The summed E-state index contributed by atoms with van der Waals surface area (Å²) in [7, 11) is 0. The van der Waals surface area contributed by atoms with Gasteiger partial charge in [0.15, 0.2) is 5.75 Å². The number of fused-ring (bicyclic) bond motifs is 2. The van der Waals surface area contributed by atoms with E-state index in [1.807, 2.05) is 42.5 Å². The molecule has 114 valence electrons. The van der Waals surface area contributed by atoms with E-state index in [1.165, 1.54) is 0 Å². The fourth-order valence-electron chi connectivity index (χ4n) is 3.00. The Morgan fingerprint density at radius 1 is 1.00 bits per heavy atom. The van der Waals surface area contributed by atoms with Crippen molar-refractivity contribution in [1.82, 2.24) is 0 Å². The minimum absolute atomic E-state index is 0.265. The van der Waals surface area contributed by atoms with Gasteiger partial charge in [-0.2, -0.15) is 0 Å². The molecule has 1 aliphatic rings. The van der Waals surface area contributed by atoms with Crippen molar-refractivity contribution >= 4 is 22.4 Å². The molecule has 4 heteroatoms. The Labute approximate surface area is 133 Å². The lowest BCUT2D eigenvalue weighted by atomic mass is 9.96. The smallest absolute Gasteiger partial charge is 0.346 e. The van der Waals surface area contributed by atoms with Gasteiger partial charge < -0.3 is 15.2 Å². The molecular formula is C19H15NO3. The number of para-hydroxylation sites is 1. The van der Waals surface area contributed by atoms with Crippen LogP contribution in [0.1, 0.15) is 0 Å². The van der Waals surface area contributed by atoms with Gasteiger partial charge in [0.2, 0.25) is 6.10 Å². The Kier molecular flexibility index (Phi) is 3.15. The number of benzene rings is 3. The zero-order valence-electron chi connectivity index (χ0n) is 12.3. The van der Waals surface area contributed by atoms with E-state index < -0.39 is 12.1 Å². The van der Waals surface area contributed by atoms with Gasteiger partial charge >= 0.3 is 5.97 Å². The number of carboxylic acids is 1. The first-order valence-electron chi connectivity index (χ1n) is 7.48. The molecular weight excluding hydrogens is 290 g/mol. The number of aliphatic carboxylic acids is 1.